The van der Waals surface area contributed by atoms with Gasteiger partial charge in [-0.3, -0.25) is 25.2 Å². The Bertz CT molecular complexity index is 1050. The van der Waals surface area contributed by atoms with Crippen LogP contribution < -0.4 is 10.9 Å². The molecule has 2 N–H and O–H groups in total. The molecule has 0 saturated heterocycles. The molecule has 3 rings (SSSR count). The molecule has 0 saturated carbocycles. The molecular formula is C21H14F2N2O3. The molecule has 0 aliphatic carbocycles. The van der Waals surface area contributed by atoms with Crippen molar-refractivity contribution in [3.63, 3.8) is 0 Å². The van der Waals surface area contributed by atoms with Gasteiger partial charge in [0.25, 0.3) is 11.8 Å². The van der Waals surface area contributed by atoms with Crippen LogP contribution in [0.25, 0.3) is 0 Å². The van der Waals surface area contributed by atoms with Gasteiger partial charge < -0.3 is 0 Å². The van der Waals surface area contributed by atoms with E-state index >= 15 is 0 Å². The lowest BCUT2D eigenvalue weighted by Crippen LogP contribution is -2.42. The van der Waals surface area contributed by atoms with E-state index in [0.717, 1.165) is 18.2 Å². The number of hydrogen-bond acceptors (Lipinski definition) is 3. The Hall–Kier alpha value is -3.87. The van der Waals surface area contributed by atoms with Crippen LogP contribution in [0.4, 0.5) is 8.78 Å². The molecule has 3 aromatic carbocycles. The lowest BCUT2D eigenvalue weighted by Gasteiger charge is -2.11. The van der Waals surface area contributed by atoms with Gasteiger partial charge in [0, 0.05) is 11.1 Å². The molecule has 7 heteroatoms. The van der Waals surface area contributed by atoms with E-state index in [1.165, 1.54) is 42.5 Å². The molecular weight excluding hydrogens is 366 g/mol. The summed E-state index contributed by atoms with van der Waals surface area (Å²) in [5.74, 6) is -3.30. The molecule has 0 unspecified atom stereocenters. The summed E-state index contributed by atoms with van der Waals surface area (Å²) >= 11 is 0. The Morgan fingerprint density at radius 1 is 0.607 bits per heavy atom. The molecule has 0 radical (unpaired) electrons. The number of halogens is 2. The van der Waals surface area contributed by atoms with E-state index in [1.807, 2.05) is 0 Å². The predicted octanol–water partition coefficient (Wildman–Crippen LogP) is 3.27. The average molecular weight is 380 g/mol. The maximum Gasteiger partial charge on any atom is 0.272 e. The first-order chi connectivity index (χ1) is 13.5. The Labute approximate surface area is 159 Å². The highest BCUT2D eigenvalue weighted by molar-refractivity contribution is 6.15. The summed E-state index contributed by atoms with van der Waals surface area (Å²) in [4.78, 5) is 37.1. The van der Waals surface area contributed by atoms with Crippen LogP contribution in [0.1, 0.15) is 36.6 Å². The average Bonchev–Trinajstić information content (AvgIpc) is 2.72. The zero-order valence-corrected chi connectivity index (χ0v) is 14.4. The van der Waals surface area contributed by atoms with Gasteiger partial charge in [-0.2, -0.15) is 0 Å². The fourth-order valence-electron chi connectivity index (χ4n) is 2.53. The van der Waals surface area contributed by atoms with Crippen LogP contribution in [0.2, 0.25) is 0 Å². The second-order valence-electron chi connectivity index (χ2n) is 5.77. The lowest BCUT2D eigenvalue weighted by atomic mass is 9.98. The van der Waals surface area contributed by atoms with Crippen molar-refractivity contribution in [2.24, 2.45) is 0 Å². The zero-order chi connectivity index (χ0) is 20.1. The number of hydrogen-bond donors (Lipinski definition) is 2. The van der Waals surface area contributed by atoms with Gasteiger partial charge in [0.05, 0.1) is 11.1 Å². The van der Waals surface area contributed by atoms with Gasteiger partial charge in [-0.1, -0.05) is 30.3 Å². The number of amides is 2. The molecule has 0 aliphatic rings. The van der Waals surface area contributed by atoms with E-state index in [2.05, 4.69) is 10.9 Å². The topological polar surface area (TPSA) is 75.3 Å². The van der Waals surface area contributed by atoms with Crippen molar-refractivity contribution in [2.45, 2.75) is 0 Å². The first-order valence-corrected chi connectivity index (χ1v) is 8.22. The molecule has 0 aliphatic heterocycles. The van der Waals surface area contributed by atoms with Crippen molar-refractivity contribution < 1.29 is 23.2 Å². The van der Waals surface area contributed by atoms with Crippen molar-refractivity contribution in [3.8, 4) is 0 Å². The van der Waals surface area contributed by atoms with Gasteiger partial charge in [0.15, 0.2) is 5.78 Å². The number of ketones is 1. The minimum atomic E-state index is -0.839. The van der Waals surface area contributed by atoms with Crippen molar-refractivity contribution in [2.75, 3.05) is 0 Å². The highest BCUT2D eigenvalue weighted by Crippen LogP contribution is 2.15. The van der Waals surface area contributed by atoms with Crippen LogP contribution >= 0.6 is 0 Å². The van der Waals surface area contributed by atoms with Gasteiger partial charge >= 0.3 is 0 Å². The monoisotopic (exact) mass is 380 g/mol. The molecule has 0 fully saturated rings. The third kappa shape index (κ3) is 4.09. The predicted molar refractivity (Wildman–Crippen MR) is 97.6 cm³/mol. The highest BCUT2D eigenvalue weighted by atomic mass is 19.1. The first-order valence-electron chi connectivity index (χ1n) is 8.22. The minimum absolute atomic E-state index is 0.00524. The smallest absolute Gasteiger partial charge is 0.272 e. The largest absolute Gasteiger partial charge is 0.289 e. The molecule has 5 nitrogen and oxygen atoms in total. The summed E-state index contributed by atoms with van der Waals surface area (Å²) in [7, 11) is 0. The van der Waals surface area contributed by atoms with Crippen LogP contribution in [0.5, 0.6) is 0 Å². The summed E-state index contributed by atoms with van der Waals surface area (Å²) in [5, 5.41) is 0. The summed E-state index contributed by atoms with van der Waals surface area (Å²) in [5.41, 5.74) is 4.32. The third-order valence-corrected chi connectivity index (χ3v) is 3.93. The second-order valence-corrected chi connectivity index (χ2v) is 5.77. The Morgan fingerprint density at radius 3 is 1.71 bits per heavy atom. The number of benzene rings is 3. The quantitative estimate of drug-likeness (QED) is 0.539. The SMILES string of the molecule is O=C(NNC(=O)c1ccccc1C(=O)c1ccc(F)cc1)c1ccccc1F. The van der Waals surface area contributed by atoms with Gasteiger partial charge in [-0.15, -0.1) is 0 Å². The summed E-state index contributed by atoms with van der Waals surface area (Å²) in [6, 6.07) is 16.2. The Morgan fingerprint density at radius 2 is 1.11 bits per heavy atom. The maximum atomic E-state index is 13.6. The van der Waals surface area contributed by atoms with Crippen LogP contribution in [-0.4, -0.2) is 17.6 Å². The Balaban J connectivity index is 1.77. The molecule has 0 aromatic heterocycles. The first kappa shape index (κ1) is 18.9. The standard InChI is InChI=1S/C21H14F2N2O3/c22-14-11-9-13(10-12-14)19(26)15-5-1-2-6-16(15)20(27)24-25-21(28)17-7-3-4-8-18(17)23/h1-12H,(H,24,27)(H,25,28). The summed E-state index contributed by atoms with van der Waals surface area (Å²) < 4.78 is 26.7. The molecule has 0 spiro atoms. The fraction of sp³-hybridized carbons (Fsp3) is 0. The number of carbonyl (C=O) groups is 3. The fourth-order valence-corrected chi connectivity index (χ4v) is 2.53. The molecule has 0 atom stereocenters. The lowest BCUT2D eigenvalue weighted by molar-refractivity contribution is 0.0842. The van der Waals surface area contributed by atoms with Crippen molar-refractivity contribution in [1.29, 1.82) is 0 Å². The number of nitrogens with one attached hydrogen (secondary N) is 2. The second kappa shape index (κ2) is 8.22. The van der Waals surface area contributed by atoms with E-state index in [9.17, 15) is 23.2 Å². The van der Waals surface area contributed by atoms with Crippen molar-refractivity contribution in [1.82, 2.24) is 10.9 Å². The molecule has 2 amide bonds. The maximum absolute atomic E-state index is 13.6. The normalized spacial score (nSPS) is 10.2. The third-order valence-electron chi connectivity index (χ3n) is 3.93. The van der Waals surface area contributed by atoms with Crippen LogP contribution in [0.15, 0.2) is 72.8 Å². The van der Waals surface area contributed by atoms with E-state index < -0.39 is 29.2 Å². The molecule has 3 aromatic rings. The number of hydrazine groups is 1. The van der Waals surface area contributed by atoms with Crippen LogP contribution in [0.3, 0.4) is 0 Å². The number of rotatable bonds is 4. The van der Waals surface area contributed by atoms with Gasteiger partial charge in [-0.25, -0.2) is 8.78 Å². The van der Waals surface area contributed by atoms with Gasteiger partial charge in [-0.05, 0) is 42.5 Å². The van der Waals surface area contributed by atoms with E-state index in [-0.39, 0.29) is 22.3 Å². The molecule has 28 heavy (non-hydrogen) atoms. The zero-order valence-electron chi connectivity index (χ0n) is 14.4. The van der Waals surface area contributed by atoms with E-state index in [4.69, 9.17) is 0 Å². The van der Waals surface area contributed by atoms with Crippen LogP contribution in [0, 0.1) is 11.6 Å². The molecule has 140 valence electrons. The van der Waals surface area contributed by atoms with Crippen molar-refractivity contribution in [3.05, 3.63) is 107 Å². The highest BCUT2D eigenvalue weighted by Gasteiger charge is 2.19. The summed E-state index contributed by atoms with van der Waals surface area (Å²) in [6.45, 7) is 0. The van der Waals surface area contributed by atoms with Crippen LogP contribution in [-0.2, 0) is 0 Å². The molecule has 0 heterocycles. The number of carbonyl (C=O) groups excluding carboxylic acids is 3. The minimum Gasteiger partial charge on any atom is -0.289 e. The van der Waals surface area contributed by atoms with Crippen molar-refractivity contribution >= 4 is 17.6 Å². The summed E-state index contributed by atoms with van der Waals surface area (Å²) in [6.07, 6.45) is 0. The van der Waals surface area contributed by atoms with E-state index in [1.54, 1.807) is 12.1 Å². The van der Waals surface area contributed by atoms with E-state index in [0.29, 0.717) is 0 Å². The van der Waals surface area contributed by atoms with Gasteiger partial charge in [0.1, 0.15) is 11.6 Å². The Kier molecular flexibility index (Phi) is 5.55. The van der Waals surface area contributed by atoms with Gasteiger partial charge in [0.2, 0.25) is 0 Å². The molecule has 0 bridgehead atoms.